The lowest BCUT2D eigenvalue weighted by Crippen LogP contribution is -2.26. The minimum atomic E-state index is -0.846. The largest absolute Gasteiger partial charge is 0.442 e. The fraction of sp³-hybridized carbons (Fsp3) is 0.438. The molecular weight excluding hydrogens is 224 g/mol. The van der Waals surface area contributed by atoms with Gasteiger partial charge in [0, 0.05) is 18.9 Å². The molecule has 2 heteroatoms. The van der Waals surface area contributed by atoms with Crippen LogP contribution >= 0.6 is 0 Å². The Bertz CT molecular complexity index is 439. The standard InChI is InChI=1S/C16H20O2/c1-4-5-6-10-13-16(3,18-14(2)17)15-11-8-7-9-12-15/h7-9,11-12H,4-6H2,1-3H3. The molecule has 0 aliphatic rings. The van der Waals surface area contributed by atoms with Crippen molar-refractivity contribution in [2.24, 2.45) is 0 Å². The van der Waals surface area contributed by atoms with E-state index in [1.54, 1.807) is 0 Å². The minimum Gasteiger partial charge on any atom is -0.442 e. The van der Waals surface area contributed by atoms with E-state index in [0.29, 0.717) is 0 Å². The molecule has 0 fully saturated rings. The third-order valence-corrected chi connectivity index (χ3v) is 2.65. The van der Waals surface area contributed by atoms with Gasteiger partial charge in [-0.25, -0.2) is 0 Å². The Labute approximate surface area is 109 Å². The Morgan fingerprint density at radius 3 is 2.56 bits per heavy atom. The monoisotopic (exact) mass is 244 g/mol. The third kappa shape index (κ3) is 4.25. The predicted octanol–water partition coefficient (Wildman–Crippen LogP) is 3.66. The van der Waals surface area contributed by atoms with E-state index in [4.69, 9.17) is 4.74 Å². The second-order valence-electron chi connectivity index (χ2n) is 4.40. The van der Waals surface area contributed by atoms with Gasteiger partial charge in [0.2, 0.25) is 0 Å². The molecule has 0 heterocycles. The van der Waals surface area contributed by atoms with Crippen LogP contribution in [0, 0.1) is 11.8 Å². The summed E-state index contributed by atoms with van der Waals surface area (Å²) >= 11 is 0. The number of carbonyl (C=O) groups is 1. The molecule has 0 bridgehead atoms. The Kier molecular flexibility index (Phi) is 5.45. The van der Waals surface area contributed by atoms with Crippen LogP contribution in [0.25, 0.3) is 0 Å². The van der Waals surface area contributed by atoms with Crippen LogP contribution in [-0.2, 0) is 15.1 Å². The molecule has 0 radical (unpaired) electrons. The zero-order valence-electron chi connectivity index (χ0n) is 11.3. The molecule has 1 aromatic rings. The van der Waals surface area contributed by atoms with Gasteiger partial charge in [0.05, 0.1) is 0 Å². The van der Waals surface area contributed by atoms with Gasteiger partial charge in [-0.1, -0.05) is 55.5 Å². The summed E-state index contributed by atoms with van der Waals surface area (Å²) in [5.41, 5.74) is 0.0603. The molecule has 96 valence electrons. The highest BCUT2D eigenvalue weighted by molar-refractivity contribution is 5.67. The van der Waals surface area contributed by atoms with Crippen molar-refractivity contribution >= 4 is 5.97 Å². The summed E-state index contributed by atoms with van der Waals surface area (Å²) in [6.07, 6.45) is 3.02. The molecule has 1 rings (SSSR count). The van der Waals surface area contributed by atoms with Gasteiger partial charge < -0.3 is 4.74 Å². The van der Waals surface area contributed by atoms with E-state index >= 15 is 0 Å². The van der Waals surface area contributed by atoms with Gasteiger partial charge in [0.1, 0.15) is 0 Å². The first kappa shape index (κ1) is 14.3. The Balaban J connectivity index is 2.94. The maximum Gasteiger partial charge on any atom is 0.304 e. The highest BCUT2D eigenvalue weighted by Gasteiger charge is 2.27. The third-order valence-electron chi connectivity index (χ3n) is 2.65. The van der Waals surface area contributed by atoms with E-state index in [2.05, 4.69) is 18.8 Å². The summed E-state index contributed by atoms with van der Waals surface area (Å²) in [5, 5.41) is 0. The number of esters is 1. The summed E-state index contributed by atoms with van der Waals surface area (Å²) in [6.45, 7) is 5.38. The smallest absolute Gasteiger partial charge is 0.304 e. The van der Waals surface area contributed by atoms with Crippen molar-refractivity contribution in [1.82, 2.24) is 0 Å². The SMILES string of the molecule is CCCCC#CC(C)(OC(C)=O)c1ccccc1. The molecule has 1 unspecified atom stereocenters. The molecule has 0 N–H and O–H groups in total. The fourth-order valence-corrected chi connectivity index (χ4v) is 1.70. The molecule has 0 saturated carbocycles. The number of benzene rings is 1. The number of ether oxygens (including phenoxy) is 1. The first-order valence-corrected chi connectivity index (χ1v) is 6.33. The van der Waals surface area contributed by atoms with E-state index in [9.17, 15) is 4.79 Å². The quantitative estimate of drug-likeness (QED) is 0.459. The van der Waals surface area contributed by atoms with Crippen molar-refractivity contribution in [3.8, 4) is 11.8 Å². The second-order valence-corrected chi connectivity index (χ2v) is 4.40. The van der Waals surface area contributed by atoms with Crippen LogP contribution in [-0.4, -0.2) is 5.97 Å². The molecular formula is C16H20O2. The average Bonchev–Trinajstić information content (AvgIpc) is 2.35. The van der Waals surface area contributed by atoms with Crippen molar-refractivity contribution in [3.63, 3.8) is 0 Å². The zero-order chi connectivity index (χ0) is 13.4. The predicted molar refractivity (Wildman–Crippen MR) is 72.9 cm³/mol. The van der Waals surface area contributed by atoms with Crippen LogP contribution < -0.4 is 0 Å². The first-order chi connectivity index (χ1) is 8.58. The van der Waals surface area contributed by atoms with Gasteiger partial charge in [0.25, 0.3) is 0 Å². The summed E-state index contributed by atoms with van der Waals surface area (Å²) in [6, 6.07) is 9.63. The lowest BCUT2D eigenvalue weighted by Gasteiger charge is -2.23. The molecule has 0 amide bonds. The molecule has 18 heavy (non-hydrogen) atoms. The Hall–Kier alpha value is -1.75. The summed E-state index contributed by atoms with van der Waals surface area (Å²) in [7, 11) is 0. The van der Waals surface area contributed by atoms with Gasteiger partial charge in [-0.3, -0.25) is 4.79 Å². The highest BCUT2D eigenvalue weighted by atomic mass is 16.6. The summed E-state index contributed by atoms with van der Waals surface area (Å²) < 4.78 is 5.39. The van der Waals surface area contributed by atoms with Crippen molar-refractivity contribution in [1.29, 1.82) is 0 Å². The van der Waals surface area contributed by atoms with Crippen molar-refractivity contribution in [2.75, 3.05) is 0 Å². The van der Waals surface area contributed by atoms with Gasteiger partial charge in [0.15, 0.2) is 5.60 Å². The molecule has 0 saturated heterocycles. The van der Waals surface area contributed by atoms with Crippen molar-refractivity contribution in [2.45, 2.75) is 45.6 Å². The van der Waals surface area contributed by atoms with Crippen LogP contribution in [0.2, 0.25) is 0 Å². The van der Waals surface area contributed by atoms with Gasteiger partial charge >= 0.3 is 5.97 Å². The number of hydrogen-bond acceptors (Lipinski definition) is 2. The van der Waals surface area contributed by atoms with Crippen LogP contribution in [0.5, 0.6) is 0 Å². The number of carbonyl (C=O) groups excluding carboxylic acids is 1. The maximum absolute atomic E-state index is 11.2. The van der Waals surface area contributed by atoms with E-state index < -0.39 is 5.60 Å². The normalized spacial score (nSPS) is 13.1. The molecule has 2 nitrogen and oxygen atoms in total. The molecule has 1 atom stereocenters. The lowest BCUT2D eigenvalue weighted by molar-refractivity contribution is -0.151. The molecule has 0 spiro atoms. The van der Waals surface area contributed by atoms with Crippen LogP contribution in [0.15, 0.2) is 30.3 Å². The summed E-state index contributed by atoms with van der Waals surface area (Å²) in [4.78, 5) is 11.2. The molecule has 0 aliphatic heterocycles. The Morgan fingerprint density at radius 2 is 2.00 bits per heavy atom. The minimum absolute atomic E-state index is 0.314. The lowest BCUT2D eigenvalue weighted by atomic mass is 9.96. The number of unbranched alkanes of at least 4 members (excludes halogenated alkanes) is 2. The van der Waals surface area contributed by atoms with Crippen LogP contribution in [0.4, 0.5) is 0 Å². The summed E-state index contributed by atoms with van der Waals surface area (Å²) in [5.74, 6) is 5.88. The van der Waals surface area contributed by atoms with Crippen molar-refractivity contribution < 1.29 is 9.53 Å². The van der Waals surface area contributed by atoms with Gasteiger partial charge in [-0.15, -0.1) is 0 Å². The molecule has 1 aromatic carbocycles. The topological polar surface area (TPSA) is 26.3 Å². The van der Waals surface area contributed by atoms with Crippen LogP contribution in [0.1, 0.15) is 45.6 Å². The number of hydrogen-bond donors (Lipinski definition) is 0. The first-order valence-electron chi connectivity index (χ1n) is 6.33. The fourth-order valence-electron chi connectivity index (χ4n) is 1.70. The van der Waals surface area contributed by atoms with Gasteiger partial charge in [-0.2, -0.15) is 0 Å². The van der Waals surface area contributed by atoms with Crippen molar-refractivity contribution in [3.05, 3.63) is 35.9 Å². The van der Waals surface area contributed by atoms with E-state index in [1.165, 1.54) is 6.92 Å². The Morgan fingerprint density at radius 1 is 1.33 bits per heavy atom. The van der Waals surface area contributed by atoms with E-state index in [0.717, 1.165) is 24.8 Å². The van der Waals surface area contributed by atoms with Gasteiger partial charge in [-0.05, 0) is 13.3 Å². The zero-order valence-corrected chi connectivity index (χ0v) is 11.3. The molecule has 0 aromatic heterocycles. The average molecular weight is 244 g/mol. The van der Waals surface area contributed by atoms with Crippen LogP contribution in [0.3, 0.4) is 0 Å². The maximum atomic E-state index is 11.2. The molecule has 0 aliphatic carbocycles. The second kappa shape index (κ2) is 6.86. The highest BCUT2D eigenvalue weighted by Crippen LogP contribution is 2.24. The van der Waals surface area contributed by atoms with E-state index in [1.807, 2.05) is 37.3 Å². The number of rotatable bonds is 4. The van der Waals surface area contributed by atoms with E-state index in [-0.39, 0.29) is 5.97 Å².